The predicted molar refractivity (Wildman–Crippen MR) is 77.7 cm³/mol. The van der Waals surface area contributed by atoms with E-state index < -0.39 is 18.2 Å². The van der Waals surface area contributed by atoms with Gasteiger partial charge in [0, 0.05) is 0 Å². The van der Waals surface area contributed by atoms with Crippen LogP contribution in [-0.2, 0) is 4.79 Å². The van der Waals surface area contributed by atoms with Gasteiger partial charge >= 0.3 is 11.6 Å². The molecule has 0 radical (unpaired) electrons. The Morgan fingerprint density at radius 3 is 2.77 bits per heavy atom. The minimum absolute atomic E-state index is 0.0252. The van der Waals surface area contributed by atoms with E-state index in [0.29, 0.717) is 6.42 Å². The summed E-state index contributed by atoms with van der Waals surface area (Å²) >= 11 is 0. The molecule has 0 amide bonds. The van der Waals surface area contributed by atoms with E-state index in [1.165, 1.54) is 12.1 Å². The summed E-state index contributed by atoms with van der Waals surface area (Å²) in [6.45, 7) is 3.05. The van der Waals surface area contributed by atoms with E-state index in [-0.39, 0.29) is 34.3 Å². The maximum absolute atomic E-state index is 12.0. The van der Waals surface area contributed by atoms with Crippen molar-refractivity contribution in [2.45, 2.75) is 26.4 Å². The molecule has 0 fully saturated rings. The molecule has 2 rings (SSSR count). The van der Waals surface area contributed by atoms with Crippen LogP contribution in [0.1, 0.15) is 20.3 Å². The smallest absolute Gasteiger partial charge is 0.383 e. The third-order valence-corrected chi connectivity index (χ3v) is 3.07. The average molecular weight is 308 g/mol. The molecule has 0 aliphatic heterocycles. The van der Waals surface area contributed by atoms with Crippen LogP contribution in [0.5, 0.6) is 17.2 Å². The first-order valence-electron chi connectivity index (χ1n) is 6.74. The lowest BCUT2D eigenvalue weighted by molar-refractivity contribution is -0.139. The Kier molecular flexibility index (Phi) is 4.55. The fourth-order valence-corrected chi connectivity index (χ4v) is 1.81. The highest BCUT2D eigenvalue weighted by Gasteiger charge is 2.19. The lowest BCUT2D eigenvalue weighted by atomic mass is 10.2. The highest BCUT2D eigenvalue weighted by atomic mass is 16.5. The first-order valence-corrected chi connectivity index (χ1v) is 6.74. The average Bonchev–Trinajstić information content (AvgIpc) is 2.49. The third-order valence-electron chi connectivity index (χ3n) is 3.07. The Morgan fingerprint density at radius 2 is 2.14 bits per heavy atom. The molecule has 0 saturated heterocycles. The zero-order valence-corrected chi connectivity index (χ0v) is 12.2. The Balaban J connectivity index is 2.53. The summed E-state index contributed by atoms with van der Waals surface area (Å²) in [7, 11) is 0. The monoisotopic (exact) mass is 308 g/mol. The van der Waals surface area contributed by atoms with Gasteiger partial charge in [-0.15, -0.1) is 0 Å². The molecule has 0 bridgehead atoms. The summed E-state index contributed by atoms with van der Waals surface area (Å²) in [4.78, 5) is 22.5. The first kappa shape index (κ1) is 15.7. The molecule has 1 unspecified atom stereocenters. The van der Waals surface area contributed by atoms with Crippen molar-refractivity contribution in [3.8, 4) is 17.2 Å². The second-order valence-electron chi connectivity index (χ2n) is 4.72. The number of aromatic hydroxyl groups is 1. The van der Waals surface area contributed by atoms with E-state index in [0.717, 1.165) is 0 Å². The van der Waals surface area contributed by atoms with Gasteiger partial charge in [0.1, 0.15) is 0 Å². The van der Waals surface area contributed by atoms with E-state index >= 15 is 0 Å². The van der Waals surface area contributed by atoms with Crippen molar-refractivity contribution in [1.29, 1.82) is 0 Å². The summed E-state index contributed by atoms with van der Waals surface area (Å²) in [5.41, 5.74) is -0.876. The molecular weight excluding hydrogens is 292 g/mol. The van der Waals surface area contributed by atoms with Gasteiger partial charge in [0.05, 0.1) is 11.5 Å². The number of hydrogen-bond acceptors (Lipinski definition) is 6. The van der Waals surface area contributed by atoms with E-state index in [2.05, 4.69) is 0 Å². The second-order valence-corrected chi connectivity index (χ2v) is 4.72. The maximum Gasteiger partial charge on any atom is 0.383 e. The quantitative estimate of drug-likeness (QED) is 0.787. The normalized spacial score (nSPS) is 12.1. The SMILES string of the molecule is CCC(C)Oc1c(O)c2cccc(OCC(=O)O)c2oc1=O. The van der Waals surface area contributed by atoms with Gasteiger partial charge in [0.2, 0.25) is 5.75 Å². The van der Waals surface area contributed by atoms with Crippen molar-refractivity contribution in [2.24, 2.45) is 0 Å². The van der Waals surface area contributed by atoms with Crippen LogP contribution in [-0.4, -0.2) is 28.9 Å². The summed E-state index contributed by atoms with van der Waals surface area (Å²) in [5, 5.41) is 19.1. The van der Waals surface area contributed by atoms with Gasteiger partial charge in [-0.25, -0.2) is 9.59 Å². The molecule has 7 nitrogen and oxygen atoms in total. The lowest BCUT2D eigenvalue weighted by Crippen LogP contribution is -2.16. The summed E-state index contributed by atoms with van der Waals surface area (Å²) in [6.07, 6.45) is 0.385. The number of ether oxygens (including phenoxy) is 2. The van der Waals surface area contributed by atoms with Gasteiger partial charge in [-0.1, -0.05) is 13.0 Å². The zero-order chi connectivity index (χ0) is 16.3. The minimum atomic E-state index is -1.17. The molecule has 118 valence electrons. The third kappa shape index (κ3) is 3.13. The van der Waals surface area contributed by atoms with Gasteiger partial charge in [-0.2, -0.15) is 0 Å². The van der Waals surface area contributed by atoms with Crippen LogP contribution < -0.4 is 15.1 Å². The topological polar surface area (TPSA) is 106 Å². The number of carboxylic acids is 1. The molecule has 1 aromatic heterocycles. The first-order chi connectivity index (χ1) is 10.4. The van der Waals surface area contributed by atoms with Crippen molar-refractivity contribution >= 4 is 16.9 Å². The standard InChI is InChI=1S/C15H16O7/c1-3-8(2)21-14-12(18)9-5-4-6-10(20-7-11(16)17)13(9)22-15(14)19/h4-6,8,18H,3,7H2,1-2H3,(H,16,17). The van der Waals surface area contributed by atoms with Gasteiger partial charge in [-0.3, -0.25) is 0 Å². The number of hydrogen-bond donors (Lipinski definition) is 2. The van der Waals surface area contributed by atoms with Gasteiger partial charge in [0.25, 0.3) is 0 Å². The second kappa shape index (κ2) is 6.38. The highest BCUT2D eigenvalue weighted by molar-refractivity contribution is 5.89. The van der Waals surface area contributed by atoms with Crippen molar-refractivity contribution < 1.29 is 28.9 Å². The molecule has 1 heterocycles. The Bertz CT molecular complexity index is 747. The van der Waals surface area contributed by atoms with Gasteiger partial charge < -0.3 is 24.1 Å². The molecule has 1 atom stereocenters. The van der Waals surface area contributed by atoms with Crippen molar-refractivity contribution in [1.82, 2.24) is 0 Å². The molecular formula is C15H16O7. The predicted octanol–water partition coefficient (Wildman–Crippen LogP) is 2.14. The largest absolute Gasteiger partial charge is 0.504 e. The zero-order valence-electron chi connectivity index (χ0n) is 12.2. The molecule has 0 aliphatic carbocycles. The van der Waals surface area contributed by atoms with Crippen molar-refractivity contribution in [3.05, 3.63) is 28.6 Å². The number of fused-ring (bicyclic) bond motifs is 1. The number of carboxylic acid groups (broad SMARTS) is 1. The molecule has 0 aliphatic rings. The van der Waals surface area contributed by atoms with Gasteiger partial charge in [0.15, 0.2) is 23.7 Å². The molecule has 7 heteroatoms. The van der Waals surface area contributed by atoms with Crippen LogP contribution in [0.3, 0.4) is 0 Å². The molecule has 2 aromatic rings. The van der Waals surface area contributed by atoms with Crippen LogP contribution >= 0.6 is 0 Å². The van der Waals surface area contributed by atoms with E-state index in [4.69, 9.17) is 19.0 Å². The van der Waals surface area contributed by atoms with Crippen LogP contribution in [0.2, 0.25) is 0 Å². The fraction of sp³-hybridized carbons (Fsp3) is 0.333. The van der Waals surface area contributed by atoms with Crippen LogP contribution in [0.4, 0.5) is 0 Å². The van der Waals surface area contributed by atoms with Crippen LogP contribution in [0.25, 0.3) is 11.0 Å². The molecule has 0 spiro atoms. The summed E-state index contributed by atoms with van der Waals surface area (Å²) in [6, 6.07) is 4.51. The fourth-order valence-electron chi connectivity index (χ4n) is 1.81. The Morgan fingerprint density at radius 1 is 1.41 bits per heavy atom. The van der Waals surface area contributed by atoms with E-state index in [1.807, 2.05) is 6.92 Å². The summed E-state index contributed by atoms with van der Waals surface area (Å²) < 4.78 is 15.6. The summed E-state index contributed by atoms with van der Waals surface area (Å²) in [5.74, 6) is -1.73. The number of aliphatic carboxylic acids is 1. The number of carbonyl (C=O) groups is 1. The highest BCUT2D eigenvalue weighted by Crippen LogP contribution is 2.36. The lowest BCUT2D eigenvalue weighted by Gasteiger charge is -2.14. The minimum Gasteiger partial charge on any atom is -0.504 e. The van der Waals surface area contributed by atoms with Gasteiger partial charge in [-0.05, 0) is 25.5 Å². The Hall–Kier alpha value is -2.70. The molecule has 0 saturated carbocycles. The van der Waals surface area contributed by atoms with Crippen molar-refractivity contribution in [2.75, 3.05) is 6.61 Å². The molecule has 22 heavy (non-hydrogen) atoms. The van der Waals surface area contributed by atoms with Crippen molar-refractivity contribution in [3.63, 3.8) is 0 Å². The van der Waals surface area contributed by atoms with Crippen LogP contribution in [0.15, 0.2) is 27.4 Å². The maximum atomic E-state index is 12.0. The number of para-hydroxylation sites is 1. The van der Waals surface area contributed by atoms with E-state index in [9.17, 15) is 14.7 Å². The Labute approximate surface area is 125 Å². The number of rotatable bonds is 6. The molecule has 2 N–H and O–H groups in total. The molecule has 1 aromatic carbocycles. The van der Waals surface area contributed by atoms with E-state index in [1.54, 1.807) is 13.0 Å². The number of benzene rings is 1. The van der Waals surface area contributed by atoms with Crippen LogP contribution in [0, 0.1) is 0 Å².